The standard InChI is InChI=1S/C28H34FN3O2/c1-15-14-30-25-19(15)11-8-12-20(25)22-13-21-16(2)26(34-27(33)31-18-9-6-7-10-18)28(4,5)32-24(21)17(3)23(22)29/h8,11-14,16,18,26,30,32H,6-7,9-10H2,1-5H3,(H,31,33)/t16-,26?/m0/s1. The highest BCUT2D eigenvalue weighted by molar-refractivity contribution is 5.96. The van der Waals surface area contributed by atoms with Crippen molar-refractivity contribution in [3.05, 3.63) is 53.0 Å². The number of benzene rings is 2. The second-order valence-corrected chi connectivity index (χ2v) is 10.6. The Morgan fingerprint density at radius 2 is 1.91 bits per heavy atom. The molecule has 180 valence electrons. The van der Waals surface area contributed by atoms with Crippen molar-refractivity contribution in [2.45, 2.75) is 83.9 Å². The maximum Gasteiger partial charge on any atom is 0.407 e. The number of carbonyl (C=O) groups excluding carboxylic acids is 1. The number of rotatable bonds is 3. The number of hydrogen-bond donors (Lipinski definition) is 3. The largest absolute Gasteiger partial charge is 0.443 e. The predicted molar refractivity (Wildman–Crippen MR) is 135 cm³/mol. The first kappa shape index (κ1) is 22.8. The van der Waals surface area contributed by atoms with Crippen LogP contribution in [0.15, 0.2) is 30.5 Å². The van der Waals surface area contributed by atoms with Crippen molar-refractivity contribution in [1.29, 1.82) is 0 Å². The van der Waals surface area contributed by atoms with Crippen LogP contribution in [0.25, 0.3) is 22.0 Å². The van der Waals surface area contributed by atoms with Gasteiger partial charge in [0.25, 0.3) is 0 Å². The Labute approximate surface area is 200 Å². The number of aromatic amines is 1. The minimum Gasteiger partial charge on any atom is -0.443 e. The molecule has 1 fully saturated rings. The smallest absolute Gasteiger partial charge is 0.407 e. The number of amides is 1. The van der Waals surface area contributed by atoms with E-state index in [9.17, 15) is 4.79 Å². The van der Waals surface area contributed by atoms with Gasteiger partial charge in [0.1, 0.15) is 11.9 Å². The summed E-state index contributed by atoms with van der Waals surface area (Å²) >= 11 is 0. The molecule has 0 bridgehead atoms. The van der Waals surface area contributed by atoms with E-state index in [1.54, 1.807) is 0 Å². The van der Waals surface area contributed by atoms with Gasteiger partial charge in [0.15, 0.2) is 0 Å². The number of alkyl carbamates (subject to hydrolysis) is 1. The number of aromatic nitrogens is 1. The highest BCUT2D eigenvalue weighted by Crippen LogP contribution is 2.46. The molecule has 2 aromatic carbocycles. The lowest BCUT2D eigenvalue weighted by Gasteiger charge is -2.45. The first-order valence-corrected chi connectivity index (χ1v) is 12.3. The number of ether oxygens (including phenoxy) is 1. The number of anilines is 1. The Balaban J connectivity index is 1.54. The van der Waals surface area contributed by atoms with Gasteiger partial charge in [-0.05, 0) is 57.7 Å². The average Bonchev–Trinajstić information content (AvgIpc) is 3.44. The van der Waals surface area contributed by atoms with Crippen LogP contribution in [-0.4, -0.2) is 28.8 Å². The topological polar surface area (TPSA) is 66.1 Å². The molecule has 1 amide bonds. The van der Waals surface area contributed by atoms with Crippen molar-refractivity contribution in [2.75, 3.05) is 5.32 Å². The van der Waals surface area contributed by atoms with Gasteiger partial charge in [-0.15, -0.1) is 0 Å². The normalized spacial score (nSPS) is 21.8. The average molecular weight is 464 g/mol. The molecule has 5 rings (SSSR count). The second kappa shape index (κ2) is 8.33. The lowest BCUT2D eigenvalue weighted by Crippen LogP contribution is -2.53. The van der Waals surface area contributed by atoms with Crippen LogP contribution in [0, 0.1) is 19.7 Å². The van der Waals surface area contributed by atoms with Crippen molar-refractivity contribution in [3.8, 4) is 11.1 Å². The molecule has 6 heteroatoms. The third-order valence-corrected chi connectivity index (χ3v) is 7.76. The third kappa shape index (κ3) is 3.73. The van der Waals surface area contributed by atoms with Crippen LogP contribution in [0.3, 0.4) is 0 Å². The van der Waals surface area contributed by atoms with Crippen LogP contribution < -0.4 is 10.6 Å². The molecule has 1 aliphatic carbocycles. The number of halogens is 1. The van der Waals surface area contributed by atoms with E-state index in [1.807, 2.05) is 58.2 Å². The summed E-state index contributed by atoms with van der Waals surface area (Å²) in [6, 6.07) is 8.10. The van der Waals surface area contributed by atoms with Gasteiger partial charge in [0.05, 0.1) is 11.1 Å². The monoisotopic (exact) mass is 463 g/mol. The van der Waals surface area contributed by atoms with Gasteiger partial charge >= 0.3 is 6.09 Å². The highest BCUT2D eigenvalue weighted by atomic mass is 19.1. The summed E-state index contributed by atoms with van der Waals surface area (Å²) in [4.78, 5) is 16.1. The van der Waals surface area contributed by atoms with Crippen LogP contribution in [-0.2, 0) is 4.74 Å². The Morgan fingerprint density at radius 3 is 2.65 bits per heavy atom. The summed E-state index contributed by atoms with van der Waals surface area (Å²) in [5.74, 6) is -0.337. The first-order chi connectivity index (χ1) is 16.2. The molecule has 1 aromatic heterocycles. The summed E-state index contributed by atoms with van der Waals surface area (Å²) in [6.45, 7) is 9.95. The lowest BCUT2D eigenvalue weighted by atomic mass is 9.77. The van der Waals surface area contributed by atoms with E-state index in [0.29, 0.717) is 11.1 Å². The van der Waals surface area contributed by atoms with E-state index in [0.717, 1.165) is 59.0 Å². The highest BCUT2D eigenvalue weighted by Gasteiger charge is 2.44. The summed E-state index contributed by atoms with van der Waals surface area (Å²) in [6.07, 6.45) is 5.49. The fourth-order valence-corrected chi connectivity index (χ4v) is 5.88. The molecule has 5 nitrogen and oxygen atoms in total. The summed E-state index contributed by atoms with van der Waals surface area (Å²) in [7, 11) is 0. The number of para-hydroxylation sites is 1. The number of fused-ring (bicyclic) bond motifs is 2. The Kier molecular flexibility index (Phi) is 5.58. The van der Waals surface area contributed by atoms with Crippen molar-refractivity contribution in [3.63, 3.8) is 0 Å². The van der Waals surface area contributed by atoms with Gasteiger partial charge in [-0.25, -0.2) is 9.18 Å². The molecular weight excluding hydrogens is 429 g/mol. The van der Waals surface area contributed by atoms with Crippen LogP contribution in [0.4, 0.5) is 14.9 Å². The van der Waals surface area contributed by atoms with Gasteiger partial charge in [-0.3, -0.25) is 0 Å². The van der Waals surface area contributed by atoms with Gasteiger partial charge in [-0.2, -0.15) is 0 Å². The SMILES string of the molecule is Cc1c(F)c(-c2cccc3c(C)c[nH]c23)cc2c1NC(C)(C)C(OC(=O)NC1CCCC1)[C@H]2C. The van der Waals surface area contributed by atoms with E-state index in [4.69, 9.17) is 4.74 Å². The number of aryl methyl sites for hydroxylation is 1. The summed E-state index contributed by atoms with van der Waals surface area (Å²) in [5.41, 5.74) is 5.26. The van der Waals surface area contributed by atoms with Crippen molar-refractivity contribution in [2.24, 2.45) is 0 Å². The number of carbonyl (C=O) groups is 1. The zero-order valence-corrected chi connectivity index (χ0v) is 20.6. The second-order valence-electron chi connectivity index (χ2n) is 10.6. The maximum atomic E-state index is 15.8. The van der Waals surface area contributed by atoms with E-state index in [1.165, 1.54) is 0 Å². The summed E-state index contributed by atoms with van der Waals surface area (Å²) < 4.78 is 21.8. The van der Waals surface area contributed by atoms with Crippen LogP contribution in [0.1, 0.15) is 69.1 Å². The fourth-order valence-electron chi connectivity index (χ4n) is 5.88. The predicted octanol–water partition coefficient (Wildman–Crippen LogP) is 6.94. The van der Waals surface area contributed by atoms with Crippen molar-refractivity contribution < 1.29 is 13.9 Å². The minimum absolute atomic E-state index is 0.108. The Morgan fingerprint density at radius 1 is 1.18 bits per heavy atom. The van der Waals surface area contributed by atoms with Crippen LogP contribution >= 0.6 is 0 Å². The third-order valence-electron chi connectivity index (χ3n) is 7.76. The molecule has 2 aliphatic rings. The molecular formula is C28H34FN3O2. The zero-order chi connectivity index (χ0) is 24.2. The fraction of sp³-hybridized carbons (Fsp3) is 0.464. The van der Waals surface area contributed by atoms with E-state index in [-0.39, 0.29) is 23.9 Å². The van der Waals surface area contributed by atoms with Crippen molar-refractivity contribution in [1.82, 2.24) is 10.3 Å². The van der Waals surface area contributed by atoms with Gasteiger partial charge < -0.3 is 20.4 Å². The number of hydrogen-bond acceptors (Lipinski definition) is 3. The van der Waals surface area contributed by atoms with E-state index in [2.05, 4.69) is 22.5 Å². The molecule has 0 spiro atoms. The molecule has 2 heterocycles. The lowest BCUT2D eigenvalue weighted by molar-refractivity contribution is 0.0457. The Hall–Kier alpha value is -3.02. The van der Waals surface area contributed by atoms with E-state index >= 15 is 4.39 Å². The molecule has 2 atom stereocenters. The van der Waals surface area contributed by atoms with Gasteiger partial charge in [-0.1, -0.05) is 38.0 Å². The molecule has 0 saturated heterocycles. The van der Waals surface area contributed by atoms with Crippen LogP contribution in [0.2, 0.25) is 0 Å². The molecule has 0 radical (unpaired) electrons. The Bertz CT molecular complexity index is 1260. The van der Waals surface area contributed by atoms with Crippen LogP contribution in [0.5, 0.6) is 0 Å². The molecule has 3 N–H and O–H groups in total. The molecule has 1 saturated carbocycles. The zero-order valence-electron chi connectivity index (χ0n) is 20.6. The number of H-pyrrole nitrogens is 1. The quantitative estimate of drug-likeness (QED) is 0.394. The van der Waals surface area contributed by atoms with Crippen molar-refractivity contribution >= 4 is 22.7 Å². The molecule has 1 unspecified atom stereocenters. The minimum atomic E-state index is -0.547. The first-order valence-electron chi connectivity index (χ1n) is 12.3. The van der Waals surface area contributed by atoms with Gasteiger partial charge in [0, 0.05) is 45.9 Å². The van der Waals surface area contributed by atoms with Gasteiger partial charge in [0.2, 0.25) is 0 Å². The van der Waals surface area contributed by atoms with E-state index < -0.39 is 11.6 Å². The molecule has 34 heavy (non-hydrogen) atoms. The molecule has 1 aliphatic heterocycles. The molecule has 3 aromatic rings. The number of nitrogens with one attached hydrogen (secondary N) is 3. The maximum absolute atomic E-state index is 15.8. The summed E-state index contributed by atoms with van der Waals surface area (Å²) in [5, 5.41) is 7.61.